The zero-order chi connectivity index (χ0) is 66.4. The Balaban J connectivity index is 0.000000390. The Bertz CT molecular complexity index is 6870. The van der Waals surface area contributed by atoms with Crippen LogP contribution in [0.3, 0.4) is 0 Å². The summed E-state index contributed by atoms with van der Waals surface area (Å²) in [5.41, 5.74) is 18.8. The molecule has 0 saturated carbocycles. The van der Waals surface area contributed by atoms with E-state index in [2.05, 4.69) is 344 Å². The Hall–Kier alpha value is -14.1. The van der Waals surface area contributed by atoms with E-state index >= 15 is 0 Å². The van der Waals surface area contributed by atoms with Crippen LogP contribution in [0.25, 0.3) is 207 Å². The number of hydrogen-bond donors (Lipinski definition) is 0. The van der Waals surface area contributed by atoms with Gasteiger partial charge in [-0.15, -0.1) is 0 Å². The van der Waals surface area contributed by atoms with Gasteiger partial charge in [0, 0.05) is 17.1 Å². The molecule has 0 aliphatic heterocycles. The van der Waals surface area contributed by atoms with Crippen LogP contribution in [0.5, 0.6) is 0 Å². The highest BCUT2D eigenvalue weighted by Crippen LogP contribution is 2.61. The van der Waals surface area contributed by atoms with Crippen LogP contribution in [-0.2, 0) is 0 Å². The summed E-state index contributed by atoms with van der Waals surface area (Å²) < 4.78 is 0. The molecule has 1 heterocycles. The minimum absolute atomic E-state index is 1.03. The lowest BCUT2D eigenvalue weighted by Gasteiger charge is -2.20. The molecule has 1 aliphatic rings. The summed E-state index contributed by atoms with van der Waals surface area (Å²) >= 11 is 0. The van der Waals surface area contributed by atoms with Crippen molar-refractivity contribution in [3.8, 4) is 161 Å². The second-order valence-electron chi connectivity index (χ2n) is 25.4. The summed E-state index contributed by atoms with van der Waals surface area (Å²) in [5.74, 6) is 35.6. The van der Waals surface area contributed by atoms with Gasteiger partial charge in [0.25, 0.3) is 0 Å². The third-order valence-electron chi connectivity index (χ3n) is 20.4. The number of nitrogens with zero attached hydrogens (tertiary/aromatic N) is 1. The van der Waals surface area contributed by atoms with Crippen molar-refractivity contribution in [3.05, 3.63) is 273 Å². The second-order valence-corrected chi connectivity index (χ2v) is 25.4. The van der Waals surface area contributed by atoms with Crippen molar-refractivity contribution in [2.45, 2.75) is 13.8 Å². The maximum absolute atomic E-state index is 4.92. The summed E-state index contributed by atoms with van der Waals surface area (Å²) in [6.07, 6.45) is 1.91. The molecule has 1 nitrogen and oxygen atoms in total. The second kappa shape index (κ2) is 23.4. The van der Waals surface area contributed by atoms with Gasteiger partial charge in [-0.25, -0.2) is 0 Å². The molecule has 1 aromatic heterocycles. The molecular formula is C99H51N. The van der Waals surface area contributed by atoms with Gasteiger partial charge < -0.3 is 0 Å². The average Bonchev–Trinajstić information content (AvgIpc) is 1.50. The molecule has 0 radical (unpaired) electrons. The van der Waals surface area contributed by atoms with Crippen molar-refractivity contribution >= 4 is 129 Å². The van der Waals surface area contributed by atoms with E-state index in [1.54, 1.807) is 13.8 Å². The standard InChI is InChI=1S/C83H45N.C16H6/c1-5-18-46(19-6-1)70-53-28-13-14-29-54(53)71(47-20-7-2-8-21-47)80-63-40-36-57-59-38-42-65-78-64(41-37-58(76(59)78)56-35-39-62(79(70)80)77(63)75(56)57)81-72(48-22-9-3-10-23-48)68-44-66-55-31-16-30-52-51(61-32-15-26-50-27-17-43-84-83(50)61)33-34-60(74(52)55)67(66)45-69(68)73(82(65)81)49-24-11-4-12-25-49;1-3-5-7-9-11-13-15-16-14-12-10-8-6-4-2/h1-45H;1-2H3. The number of pyridine rings is 1. The molecule has 0 spiro atoms. The molecule has 0 fully saturated rings. The van der Waals surface area contributed by atoms with E-state index < -0.39 is 0 Å². The molecule has 452 valence electrons. The fraction of sp³-hybridized carbons (Fsp3) is 0.0202. The van der Waals surface area contributed by atoms with E-state index in [0.29, 0.717) is 0 Å². The Morgan fingerprint density at radius 1 is 0.200 bits per heavy atom. The molecule has 0 saturated heterocycles. The van der Waals surface area contributed by atoms with Crippen LogP contribution in [0.2, 0.25) is 0 Å². The molecule has 18 aromatic carbocycles. The first-order valence-corrected chi connectivity index (χ1v) is 33.6. The van der Waals surface area contributed by atoms with E-state index in [4.69, 9.17) is 4.98 Å². The quantitative estimate of drug-likeness (QED) is 0.0951. The lowest BCUT2D eigenvalue weighted by atomic mass is 9.82. The summed E-state index contributed by atoms with van der Waals surface area (Å²) in [6.45, 7) is 3.42. The minimum Gasteiger partial charge on any atom is -0.256 e. The van der Waals surface area contributed by atoms with E-state index in [0.717, 1.165) is 16.5 Å². The molecule has 19 aromatic rings. The number of rotatable bonds is 5. The van der Waals surface area contributed by atoms with E-state index in [-0.39, 0.29) is 0 Å². The molecule has 0 bridgehead atoms. The Morgan fingerprint density at radius 2 is 0.550 bits per heavy atom. The topological polar surface area (TPSA) is 12.9 Å². The van der Waals surface area contributed by atoms with Crippen molar-refractivity contribution in [1.29, 1.82) is 0 Å². The first-order chi connectivity index (χ1) is 49.7. The van der Waals surface area contributed by atoms with E-state index in [1.165, 1.54) is 191 Å². The lowest BCUT2D eigenvalue weighted by Crippen LogP contribution is -1.93. The maximum Gasteiger partial charge on any atom is 0.0780 e. The first-order valence-electron chi connectivity index (χ1n) is 33.6. The predicted octanol–water partition coefficient (Wildman–Crippen LogP) is 24.3. The van der Waals surface area contributed by atoms with E-state index in [1.807, 2.05) is 12.3 Å². The molecule has 20 rings (SSSR count). The van der Waals surface area contributed by atoms with Gasteiger partial charge in [0.1, 0.15) is 0 Å². The molecule has 0 atom stereocenters. The van der Waals surface area contributed by atoms with Gasteiger partial charge in [0.05, 0.1) is 5.52 Å². The first kappa shape index (κ1) is 57.4. The molecule has 1 aliphatic carbocycles. The number of para-hydroxylation sites is 1. The van der Waals surface area contributed by atoms with Crippen LogP contribution < -0.4 is 0 Å². The van der Waals surface area contributed by atoms with Crippen molar-refractivity contribution in [2.24, 2.45) is 0 Å². The summed E-state index contributed by atoms with van der Waals surface area (Å²) in [7, 11) is 0. The van der Waals surface area contributed by atoms with E-state index in [9.17, 15) is 0 Å². The normalized spacial score (nSPS) is 11.1. The molecule has 0 N–H and O–H groups in total. The lowest BCUT2D eigenvalue weighted by molar-refractivity contribution is 1.41. The van der Waals surface area contributed by atoms with Crippen LogP contribution in [0, 0.1) is 82.9 Å². The number of hydrogen-bond acceptors (Lipinski definition) is 1. The van der Waals surface area contributed by atoms with Crippen molar-refractivity contribution in [2.75, 3.05) is 0 Å². The molecule has 100 heavy (non-hydrogen) atoms. The fourth-order valence-electron chi connectivity index (χ4n) is 16.7. The third kappa shape index (κ3) is 8.68. The zero-order valence-electron chi connectivity index (χ0n) is 54.4. The molecular weight excluding hydrogens is 1200 g/mol. The van der Waals surface area contributed by atoms with Crippen LogP contribution in [-0.4, -0.2) is 4.98 Å². The highest BCUT2D eigenvalue weighted by Gasteiger charge is 2.34. The van der Waals surface area contributed by atoms with Crippen LogP contribution in [0.4, 0.5) is 0 Å². The Kier molecular flexibility index (Phi) is 13.4. The van der Waals surface area contributed by atoms with Gasteiger partial charge in [-0.05, 0) is 294 Å². The minimum atomic E-state index is 1.03. The highest BCUT2D eigenvalue weighted by molar-refractivity contribution is 6.48. The van der Waals surface area contributed by atoms with Crippen LogP contribution >= 0.6 is 0 Å². The Morgan fingerprint density at radius 3 is 1.03 bits per heavy atom. The van der Waals surface area contributed by atoms with Gasteiger partial charge in [-0.3, -0.25) is 4.98 Å². The van der Waals surface area contributed by atoms with Gasteiger partial charge in [-0.1, -0.05) is 261 Å². The number of benzene rings is 16. The monoisotopic (exact) mass is 1250 g/mol. The number of fused-ring (bicyclic) bond motifs is 14. The van der Waals surface area contributed by atoms with Gasteiger partial charge >= 0.3 is 0 Å². The zero-order valence-corrected chi connectivity index (χ0v) is 54.4. The fourth-order valence-corrected chi connectivity index (χ4v) is 16.7. The largest absolute Gasteiger partial charge is 0.256 e. The maximum atomic E-state index is 4.92. The van der Waals surface area contributed by atoms with Crippen LogP contribution in [0.1, 0.15) is 13.8 Å². The predicted molar refractivity (Wildman–Crippen MR) is 425 cm³/mol. The summed E-state index contributed by atoms with van der Waals surface area (Å²) in [5, 5.41) is 29.8. The molecule has 0 unspecified atom stereocenters. The average molecular weight is 1250 g/mol. The summed E-state index contributed by atoms with van der Waals surface area (Å²) in [4.78, 5) is 4.92. The van der Waals surface area contributed by atoms with Gasteiger partial charge in [0.2, 0.25) is 0 Å². The van der Waals surface area contributed by atoms with Gasteiger partial charge in [0.15, 0.2) is 0 Å². The highest BCUT2D eigenvalue weighted by atomic mass is 14.6. The van der Waals surface area contributed by atoms with Crippen LogP contribution in [0.15, 0.2) is 273 Å². The SMILES string of the molecule is CC#CC#CC#CC#CC#CC#CC#CC.c1ccc(-c2c3c(c(-c4ccccc4)c4ccccc24)-c2ccc4c5ccc6c7c(-c8ccccc8)c8cc9c(cc8c(-c8ccccc8)c7c7ccc(c8ccc-3c2c84)c5c76)c2cccc3c(-c4cccc5cccnc45)ccc9c32)cc1. The summed E-state index contributed by atoms with van der Waals surface area (Å²) in [6, 6.07) is 101. The molecule has 0 amide bonds. The van der Waals surface area contributed by atoms with Gasteiger partial charge in [-0.2, -0.15) is 0 Å². The Labute approximate surface area is 578 Å². The van der Waals surface area contributed by atoms with Crippen molar-refractivity contribution < 1.29 is 0 Å². The number of aromatic nitrogens is 1. The third-order valence-corrected chi connectivity index (χ3v) is 20.4. The van der Waals surface area contributed by atoms with Crippen molar-refractivity contribution in [1.82, 2.24) is 4.98 Å². The molecule has 1 heteroatoms. The van der Waals surface area contributed by atoms with Crippen molar-refractivity contribution in [3.63, 3.8) is 0 Å². The smallest absolute Gasteiger partial charge is 0.0780 e.